The van der Waals surface area contributed by atoms with Gasteiger partial charge in [-0.3, -0.25) is 4.90 Å². The zero-order valence-corrected chi connectivity index (χ0v) is 20.4. The maximum Gasteiger partial charge on any atom is 0.133 e. The second-order valence-electron chi connectivity index (χ2n) is 9.47. The number of aliphatic hydroxyl groups excluding tert-OH is 1. The summed E-state index contributed by atoms with van der Waals surface area (Å²) in [4.78, 5) is 4.44. The summed E-state index contributed by atoms with van der Waals surface area (Å²) in [5, 5.41) is 14.3. The van der Waals surface area contributed by atoms with Crippen LogP contribution in [0.25, 0.3) is 5.57 Å². The summed E-state index contributed by atoms with van der Waals surface area (Å²) >= 11 is 0. The molecule has 3 aliphatic rings. The highest BCUT2D eigenvalue weighted by atomic mass is 16.5. The van der Waals surface area contributed by atoms with Crippen molar-refractivity contribution in [2.45, 2.75) is 38.5 Å². The number of hydrogen-bond acceptors (Lipinski definition) is 6. The number of piperidine rings is 1. The molecule has 2 N–H and O–H groups in total. The number of nitrogens with one attached hydrogen (secondary N) is 1. The summed E-state index contributed by atoms with van der Waals surface area (Å²) in [6, 6.07) is 15.0. The molecule has 0 aromatic heterocycles. The molecule has 6 heteroatoms. The fourth-order valence-electron chi connectivity index (χ4n) is 5.38. The Kier molecular flexibility index (Phi) is 6.93. The van der Waals surface area contributed by atoms with Crippen molar-refractivity contribution in [2.24, 2.45) is 0 Å². The van der Waals surface area contributed by atoms with Crippen LogP contribution in [0.1, 0.15) is 49.6 Å². The lowest BCUT2D eigenvalue weighted by molar-refractivity contribution is 0.00902. The number of ether oxygens (including phenoxy) is 2. The van der Waals surface area contributed by atoms with Gasteiger partial charge in [0.1, 0.15) is 17.6 Å². The summed E-state index contributed by atoms with van der Waals surface area (Å²) in [5.74, 6) is 0.962. The van der Waals surface area contributed by atoms with Crippen LogP contribution in [0.5, 0.6) is 5.75 Å². The maximum absolute atomic E-state index is 10.8. The Morgan fingerprint density at radius 2 is 1.74 bits per heavy atom. The van der Waals surface area contributed by atoms with E-state index in [1.54, 1.807) is 0 Å². The first-order valence-electron chi connectivity index (χ1n) is 12.7. The van der Waals surface area contributed by atoms with E-state index in [9.17, 15) is 5.11 Å². The molecule has 2 saturated heterocycles. The normalized spacial score (nSPS) is 20.6. The average molecular weight is 464 g/mol. The molecule has 2 fully saturated rings. The third kappa shape index (κ3) is 4.60. The molecule has 3 heterocycles. The van der Waals surface area contributed by atoms with Crippen LogP contribution in [0.3, 0.4) is 0 Å². The molecular weight excluding hydrogens is 426 g/mol. The van der Waals surface area contributed by atoms with Gasteiger partial charge in [-0.05, 0) is 67.2 Å². The third-order valence-electron chi connectivity index (χ3n) is 7.48. The van der Waals surface area contributed by atoms with Gasteiger partial charge >= 0.3 is 0 Å². The standard InChI is InChI=1S/C28H37N3O3/c1-3-30(4-2)27(32)22-7-5-21(6-8-22)25-20-28(11-13-29-14-12-28)34-26-10-9-23(19-24(25)26)31-15-17-33-18-16-31/h5-10,19-20,27,29,32H,3-4,11-18H2,1-2H3. The van der Waals surface area contributed by atoms with Gasteiger partial charge in [-0.1, -0.05) is 38.1 Å². The lowest BCUT2D eigenvalue weighted by Gasteiger charge is -2.40. The van der Waals surface area contributed by atoms with Crippen molar-refractivity contribution in [3.63, 3.8) is 0 Å². The SMILES string of the molecule is CCN(CC)C(O)c1ccc(C2=CC3(CCNCC3)Oc3ccc(N4CCOCC4)cc32)cc1. The molecule has 0 aliphatic carbocycles. The topological polar surface area (TPSA) is 57.2 Å². The number of hydrogen-bond donors (Lipinski definition) is 2. The molecule has 2 aromatic carbocycles. The molecule has 0 radical (unpaired) electrons. The first-order valence-corrected chi connectivity index (χ1v) is 12.7. The van der Waals surface area contributed by atoms with E-state index >= 15 is 0 Å². The highest BCUT2D eigenvalue weighted by Gasteiger charge is 2.37. The molecule has 2 aromatic rings. The number of aliphatic hydroxyl groups is 1. The summed E-state index contributed by atoms with van der Waals surface area (Å²) < 4.78 is 12.2. The minimum Gasteiger partial charge on any atom is -0.482 e. The smallest absolute Gasteiger partial charge is 0.133 e. The van der Waals surface area contributed by atoms with Gasteiger partial charge in [-0.15, -0.1) is 0 Å². The van der Waals surface area contributed by atoms with E-state index in [4.69, 9.17) is 9.47 Å². The van der Waals surface area contributed by atoms with Crippen LogP contribution in [0.2, 0.25) is 0 Å². The molecule has 1 atom stereocenters. The Labute approximate surface area is 203 Å². The van der Waals surface area contributed by atoms with Crippen LogP contribution < -0.4 is 15.0 Å². The van der Waals surface area contributed by atoms with E-state index in [0.717, 1.165) is 87.8 Å². The third-order valence-corrected chi connectivity index (χ3v) is 7.48. The molecule has 1 spiro atoms. The lowest BCUT2D eigenvalue weighted by atomic mass is 9.83. The summed E-state index contributed by atoms with van der Waals surface area (Å²) in [5.41, 5.74) is 5.41. The molecule has 0 bridgehead atoms. The van der Waals surface area contributed by atoms with E-state index in [-0.39, 0.29) is 5.60 Å². The molecule has 3 aliphatic heterocycles. The number of fused-ring (bicyclic) bond motifs is 1. The predicted octanol–water partition coefficient (Wildman–Crippen LogP) is 3.80. The van der Waals surface area contributed by atoms with Crippen molar-refractivity contribution < 1.29 is 14.6 Å². The Balaban J connectivity index is 1.52. The van der Waals surface area contributed by atoms with E-state index in [2.05, 4.69) is 77.5 Å². The van der Waals surface area contributed by atoms with Crippen LogP contribution in [-0.4, -0.2) is 68.1 Å². The highest BCUT2D eigenvalue weighted by molar-refractivity contribution is 5.86. The molecule has 0 amide bonds. The lowest BCUT2D eigenvalue weighted by Crippen LogP contribution is -2.46. The summed E-state index contributed by atoms with van der Waals surface area (Å²) in [6.07, 6.45) is 3.69. The van der Waals surface area contributed by atoms with Gasteiger partial charge in [0.2, 0.25) is 0 Å². The second-order valence-corrected chi connectivity index (χ2v) is 9.47. The van der Waals surface area contributed by atoms with Crippen molar-refractivity contribution in [1.82, 2.24) is 10.2 Å². The number of benzene rings is 2. The van der Waals surface area contributed by atoms with Gasteiger partial charge in [0, 0.05) is 37.2 Å². The van der Waals surface area contributed by atoms with E-state index in [1.165, 1.54) is 11.3 Å². The van der Waals surface area contributed by atoms with Crippen LogP contribution in [0.15, 0.2) is 48.5 Å². The zero-order valence-electron chi connectivity index (χ0n) is 20.4. The van der Waals surface area contributed by atoms with Crippen LogP contribution in [0, 0.1) is 0 Å². The van der Waals surface area contributed by atoms with Crippen molar-refractivity contribution >= 4 is 11.3 Å². The van der Waals surface area contributed by atoms with Crippen molar-refractivity contribution in [3.8, 4) is 5.75 Å². The Bertz CT molecular complexity index is 1000. The van der Waals surface area contributed by atoms with E-state index < -0.39 is 6.23 Å². The number of rotatable bonds is 6. The van der Waals surface area contributed by atoms with Gasteiger partial charge in [0.15, 0.2) is 0 Å². The molecule has 1 unspecified atom stereocenters. The monoisotopic (exact) mass is 463 g/mol. The van der Waals surface area contributed by atoms with Gasteiger partial charge in [0.05, 0.1) is 13.2 Å². The van der Waals surface area contributed by atoms with E-state index in [1.807, 2.05) is 0 Å². The van der Waals surface area contributed by atoms with E-state index in [0.29, 0.717) is 0 Å². The number of morpholine rings is 1. The molecule has 182 valence electrons. The summed E-state index contributed by atoms with van der Waals surface area (Å²) in [7, 11) is 0. The maximum atomic E-state index is 10.8. The molecule has 34 heavy (non-hydrogen) atoms. The van der Waals surface area contributed by atoms with Crippen LogP contribution >= 0.6 is 0 Å². The Morgan fingerprint density at radius 1 is 1.03 bits per heavy atom. The minimum atomic E-state index is -0.580. The van der Waals surface area contributed by atoms with Gasteiger partial charge in [-0.25, -0.2) is 0 Å². The predicted molar refractivity (Wildman–Crippen MR) is 136 cm³/mol. The highest BCUT2D eigenvalue weighted by Crippen LogP contribution is 2.44. The molecule has 6 nitrogen and oxygen atoms in total. The van der Waals surface area contributed by atoms with Crippen molar-refractivity contribution in [1.29, 1.82) is 0 Å². The average Bonchev–Trinajstić information content (AvgIpc) is 2.90. The largest absolute Gasteiger partial charge is 0.482 e. The van der Waals surface area contributed by atoms with Gasteiger partial charge in [-0.2, -0.15) is 0 Å². The quantitative estimate of drug-likeness (QED) is 0.636. The minimum absolute atomic E-state index is 0.270. The summed E-state index contributed by atoms with van der Waals surface area (Å²) in [6.45, 7) is 11.1. The number of anilines is 1. The number of nitrogens with zero attached hydrogens (tertiary/aromatic N) is 2. The fraction of sp³-hybridized carbons (Fsp3) is 0.500. The van der Waals surface area contributed by atoms with Gasteiger partial charge in [0.25, 0.3) is 0 Å². The Morgan fingerprint density at radius 3 is 2.41 bits per heavy atom. The first kappa shape index (κ1) is 23.4. The molecule has 5 rings (SSSR count). The molecule has 0 saturated carbocycles. The first-order chi connectivity index (χ1) is 16.6. The fourth-order valence-corrected chi connectivity index (χ4v) is 5.38. The zero-order chi connectivity index (χ0) is 23.5. The van der Waals surface area contributed by atoms with Crippen LogP contribution in [-0.2, 0) is 4.74 Å². The molecular formula is C28H37N3O3. The second kappa shape index (κ2) is 10.1. The van der Waals surface area contributed by atoms with Crippen molar-refractivity contribution in [2.75, 3.05) is 57.4 Å². The Hall–Kier alpha value is -2.38. The van der Waals surface area contributed by atoms with Crippen LogP contribution in [0.4, 0.5) is 5.69 Å². The van der Waals surface area contributed by atoms with Crippen molar-refractivity contribution in [3.05, 3.63) is 65.2 Å². The van der Waals surface area contributed by atoms with Gasteiger partial charge < -0.3 is 24.8 Å².